The molecule has 0 spiro atoms. The van der Waals surface area contributed by atoms with Gasteiger partial charge in [-0.05, 0) is 37.6 Å². The summed E-state index contributed by atoms with van der Waals surface area (Å²) in [5.41, 5.74) is 0.735. The zero-order valence-corrected chi connectivity index (χ0v) is 17.8. The maximum Gasteiger partial charge on any atom is 0.263 e. The summed E-state index contributed by atoms with van der Waals surface area (Å²) < 4.78 is 18.2. The smallest absolute Gasteiger partial charge is 0.263 e. The second-order valence-corrected chi connectivity index (χ2v) is 8.18. The molecule has 158 valence electrons. The van der Waals surface area contributed by atoms with Gasteiger partial charge >= 0.3 is 0 Å². The Kier molecular flexibility index (Phi) is 4.74. The Bertz CT molecular complexity index is 1350. The average Bonchev–Trinajstić information content (AvgIpc) is 3.43. The second-order valence-electron chi connectivity index (χ2n) is 7.75. The SMILES string of the molecule is Cc1nc2cc(N3CCC(n4cccn4)C3)nc(-c3ccc(Cl)cc3F)c2c(=O)n1C. The van der Waals surface area contributed by atoms with Gasteiger partial charge in [0.15, 0.2) is 0 Å². The first-order valence-electron chi connectivity index (χ1n) is 10.0. The molecule has 1 aliphatic heterocycles. The van der Waals surface area contributed by atoms with Crippen LogP contribution in [0, 0.1) is 12.7 Å². The number of benzene rings is 1. The maximum atomic E-state index is 14.9. The first-order chi connectivity index (χ1) is 14.9. The molecule has 5 rings (SSSR count). The normalized spacial score (nSPS) is 16.4. The van der Waals surface area contributed by atoms with Crippen LogP contribution in [0.4, 0.5) is 10.2 Å². The van der Waals surface area contributed by atoms with E-state index in [0.29, 0.717) is 29.1 Å². The van der Waals surface area contributed by atoms with Crippen LogP contribution in [-0.4, -0.2) is 37.4 Å². The first-order valence-corrected chi connectivity index (χ1v) is 10.4. The molecule has 0 bridgehead atoms. The first kappa shape index (κ1) is 19.7. The Morgan fingerprint density at radius 1 is 1.23 bits per heavy atom. The summed E-state index contributed by atoms with van der Waals surface area (Å²) in [5, 5.41) is 4.92. The van der Waals surface area contributed by atoms with Crippen molar-refractivity contribution in [1.29, 1.82) is 0 Å². The van der Waals surface area contributed by atoms with Gasteiger partial charge in [0.1, 0.15) is 17.5 Å². The van der Waals surface area contributed by atoms with Crippen molar-refractivity contribution in [1.82, 2.24) is 24.3 Å². The minimum absolute atomic E-state index is 0.224. The molecule has 1 aromatic carbocycles. The van der Waals surface area contributed by atoms with Gasteiger partial charge in [0.25, 0.3) is 5.56 Å². The topological polar surface area (TPSA) is 68.8 Å². The Morgan fingerprint density at radius 2 is 2.06 bits per heavy atom. The number of hydrogen-bond acceptors (Lipinski definition) is 5. The molecule has 9 heteroatoms. The molecule has 1 aliphatic rings. The van der Waals surface area contributed by atoms with E-state index in [1.807, 2.05) is 23.0 Å². The number of pyridine rings is 1. The Hall–Kier alpha value is -3.26. The highest BCUT2D eigenvalue weighted by atomic mass is 35.5. The summed E-state index contributed by atoms with van der Waals surface area (Å²) in [4.78, 5) is 24.5. The number of halogens is 2. The third kappa shape index (κ3) is 3.37. The van der Waals surface area contributed by atoms with Crippen LogP contribution in [0.25, 0.3) is 22.2 Å². The van der Waals surface area contributed by atoms with Gasteiger partial charge < -0.3 is 4.90 Å². The minimum atomic E-state index is -0.531. The number of aryl methyl sites for hydroxylation is 1. The number of nitrogens with zero attached hydrogens (tertiary/aromatic N) is 6. The molecule has 1 saturated heterocycles. The summed E-state index contributed by atoms with van der Waals surface area (Å²) in [7, 11) is 1.65. The molecule has 7 nitrogen and oxygen atoms in total. The summed E-state index contributed by atoms with van der Waals surface area (Å²) in [6.45, 7) is 3.26. The lowest BCUT2D eigenvalue weighted by molar-refractivity contribution is 0.494. The molecule has 4 aromatic rings. The van der Waals surface area contributed by atoms with Crippen LogP contribution in [0.5, 0.6) is 0 Å². The molecule has 1 atom stereocenters. The lowest BCUT2D eigenvalue weighted by atomic mass is 10.1. The summed E-state index contributed by atoms with van der Waals surface area (Å²) >= 11 is 5.94. The van der Waals surface area contributed by atoms with E-state index in [9.17, 15) is 9.18 Å². The molecule has 1 fully saturated rings. The number of fused-ring (bicyclic) bond motifs is 1. The van der Waals surface area contributed by atoms with Crippen LogP contribution in [-0.2, 0) is 7.05 Å². The van der Waals surface area contributed by atoms with E-state index in [4.69, 9.17) is 16.6 Å². The van der Waals surface area contributed by atoms with Crippen LogP contribution in [0.15, 0.2) is 47.5 Å². The fourth-order valence-corrected chi connectivity index (χ4v) is 4.24. The number of anilines is 1. The number of rotatable bonds is 3. The van der Waals surface area contributed by atoms with Crippen molar-refractivity contribution in [2.75, 3.05) is 18.0 Å². The fraction of sp³-hybridized carbons (Fsp3) is 0.273. The van der Waals surface area contributed by atoms with Crippen molar-refractivity contribution in [3.8, 4) is 11.3 Å². The summed E-state index contributed by atoms with van der Waals surface area (Å²) in [6.07, 6.45) is 4.63. The van der Waals surface area contributed by atoms with Crippen molar-refractivity contribution in [2.45, 2.75) is 19.4 Å². The van der Waals surface area contributed by atoms with Crippen LogP contribution >= 0.6 is 11.6 Å². The monoisotopic (exact) mass is 438 g/mol. The Labute approximate surface area is 182 Å². The molecule has 0 radical (unpaired) electrons. The predicted molar refractivity (Wildman–Crippen MR) is 118 cm³/mol. The zero-order chi connectivity index (χ0) is 21.7. The molecule has 4 heterocycles. The number of aromatic nitrogens is 5. The van der Waals surface area contributed by atoms with Crippen LogP contribution in [0.1, 0.15) is 18.3 Å². The highest BCUT2D eigenvalue weighted by Gasteiger charge is 2.27. The van der Waals surface area contributed by atoms with Gasteiger partial charge in [0, 0.05) is 49.2 Å². The third-order valence-corrected chi connectivity index (χ3v) is 6.08. The van der Waals surface area contributed by atoms with Gasteiger partial charge in [0.05, 0.1) is 22.6 Å². The van der Waals surface area contributed by atoms with Crippen molar-refractivity contribution >= 4 is 28.3 Å². The van der Waals surface area contributed by atoms with Gasteiger partial charge in [0.2, 0.25) is 0 Å². The highest BCUT2D eigenvalue weighted by Crippen LogP contribution is 2.33. The molecule has 31 heavy (non-hydrogen) atoms. The molecule has 1 unspecified atom stereocenters. The van der Waals surface area contributed by atoms with E-state index in [-0.39, 0.29) is 27.9 Å². The molecule has 0 aliphatic carbocycles. The van der Waals surface area contributed by atoms with Crippen molar-refractivity contribution in [3.05, 3.63) is 69.7 Å². The van der Waals surface area contributed by atoms with E-state index >= 15 is 0 Å². The van der Waals surface area contributed by atoms with Crippen molar-refractivity contribution in [3.63, 3.8) is 0 Å². The Balaban J connectivity index is 1.69. The summed E-state index contributed by atoms with van der Waals surface area (Å²) in [5.74, 6) is 0.705. The standard InChI is InChI=1S/C22H20ClFN6O/c1-13-26-18-11-19(29-9-6-15(12-29)30-8-3-7-25-30)27-21(20(18)22(31)28(13)2)16-5-4-14(23)10-17(16)24/h3-5,7-8,10-11,15H,6,9,12H2,1-2H3. The predicted octanol–water partition coefficient (Wildman–Crippen LogP) is 3.74. The average molecular weight is 439 g/mol. The minimum Gasteiger partial charge on any atom is -0.354 e. The highest BCUT2D eigenvalue weighted by molar-refractivity contribution is 6.30. The fourth-order valence-electron chi connectivity index (χ4n) is 4.08. The van der Waals surface area contributed by atoms with E-state index in [1.165, 1.54) is 10.6 Å². The quantitative estimate of drug-likeness (QED) is 0.487. The van der Waals surface area contributed by atoms with E-state index < -0.39 is 5.82 Å². The zero-order valence-electron chi connectivity index (χ0n) is 17.1. The molecule has 0 amide bonds. The molecular weight excluding hydrogens is 419 g/mol. The van der Waals surface area contributed by atoms with Crippen LogP contribution in [0.2, 0.25) is 5.02 Å². The molecular formula is C22H20ClFN6O. The van der Waals surface area contributed by atoms with Crippen molar-refractivity contribution in [2.24, 2.45) is 7.05 Å². The molecule has 0 N–H and O–H groups in total. The van der Waals surface area contributed by atoms with E-state index in [1.54, 1.807) is 32.3 Å². The lowest BCUT2D eigenvalue weighted by Gasteiger charge is -2.20. The summed E-state index contributed by atoms with van der Waals surface area (Å²) in [6, 6.07) is 8.32. The van der Waals surface area contributed by atoms with Gasteiger partial charge in [-0.15, -0.1) is 0 Å². The van der Waals surface area contributed by atoms with Gasteiger partial charge in [-0.3, -0.25) is 14.0 Å². The van der Waals surface area contributed by atoms with Crippen molar-refractivity contribution < 1.29 is 4.39 Å². The molecule has 3 aromatic heterocycles. The number of hydrogen-bond donors (Lipinski definition) is 0. The third-order valence-electron chi connectivity index (χ3n) is 5.84. The Morgan fingerprint density at radius 3 is 2.81 bits per heavy atom. The van der Waals surface area contributed by atoms with E-state index in [0.717, 1.165) is 13.0 Å². The lowest BCUT2D eigenvalue weighted by Crippen LogP contribution is -2.25. The van der Waals surface area contributed by atoms with E-state index in [2.05, 4.69) is 15.0 Å². The molecule has 0 saturated carbocycles. The van der Waals surface area contributed by atoms with Gasteiger partial charge in [-0.2, -0.15) is 5.10 Å². The van der Waals surface area contributed by atoms with Crippen LogP contribution in [0.3, 0.4) is 0 Å². The second kappa shape index (κ2) is 7.46. The van der Waals surface area contributed by atoms with Gasteiger partial charge in [-0.1, -0.05) is 11.6 Å². The van der Waals surface area contributed by atoms with Gasteiger partial charge in [-0.25, -0.2) is 14.4 Å². The maximum absolute atomic E-state index is 14.9. The van der Waals surface area contributed by atoms with Crippen LogP contribution < -0.4 is 10.5 Å². The largest absolute Gasteiger partial charge is 0.354 e.